The number of carbonyl (C=O) groups is 1. The lowest BCUT2D eigenvalue weighted by atomic mass is 10.1. The van der Waals surface area contributed by atoms with E-state index >= 15 is 0 Å². The number of hydrogen-bond donors (Lipinski definition) is 0. The van der Waals surface area contributed by atoms with E-state index in [1.54, 1.807) is 24.3 Å². The van der Waals surface area contributed by atoms with Crippen LogP contribution in [0.4, 0.5) is 11.4 Å². The fraction of sp³-hybridized carbons (Fsp3) is 0. The largest absolute Gasteiger partial charge is 0.457 e. The SMILES string of the molecule is O=C1OC(c2ccc([N+](=O)[O-])cc2)=N/C1=C\c1ccc(-c2ccc([N+](=O)[O-])cc2)o1. The number of esters is 1. The van der Waals surface area contributed by atoms with Crippen LogP contribution in [0.5, 0.6) is 0 Å². The van der Waals surface area contributed by atoms with Crippen molar-refractivity contribution in [1.29, 1.82) is 0 Å². The average molecular weight is 405 g/mol. The van der Waals surface area contributed by atoms with Gasteiger partial charge >= 0.3 is 5.97 Å². The highest BCUT2D eigenvalue weighted by atomic mass is 16.6. The smallest absolute Gasteiger partial charge is 0.363 e. The Hall–Kier alpha value is -4.60. The molecular weight excluding hydrogens is 394 g/mol. The van der Waals surface area contributed by atoms with E-state index in [1.807, 2.05) is 0 Å². The van der Waals surface area contributed by atoms with E-state index in [2.05, 4.69) is 4.99 Å². The molecule has 1 aliphatic rings. The van der Waals surface area contributed by atoms with Crippen molar-refractivity contribution in [3.63, 3.8) is 0 Å². The maximum atomic E-state index is 12.1. The van der Waals surface area contributed by atoms with E-state index in [-0.39, 0.29) is 23.0 Å². The minimum absolute atomic E-state index is 0.00736. The molecule has 0 radical (unpaired) electrons. The van der Waals surface area contributed by atoms with Crippen LogP contribution >= 0.6 is 0 Å². The third-order valence-corrected chi connectivity index (χ3v) is 4.21. The number of cyclic esters (lactones) is 1. The van der Waals surface area contributed by atoms with E-state index in [9.17, 15) is 25.0 Å². The zero-order valence-electron chi connectivity index (χ0n) is 15.1. The highest BCUT2D eigenvalue weighted by Gasteiger charge is 2.25. The number of benzene rings is 2. The number of nitrogens with zero attached hydrogens (tertiary/aromatic N) is 3. The second kappa shape index (κ2) is 7.43. The predicted octanol–water partition coefficient (Wildman–Crippen LogP) is 4.11. The maximum absolute atomic E-state index is 12.1. The van der Waals surface area contributed by atoms with Gasteiger partial charge in [-0.2, -0.15) is 0 Å². The number of aliphatic imine (C=N–C) groups is 1. The quantitative estimate of drug-likeness (QED) is 0.269. The van der Waals surface area contributed by atoms with Crippen LogP contribution in [0.15, 0.2) is 75.8 Å². The van der Waals surface area contributed by atoms with E-state index in [0.29, 0.717) is 22.6 Å². The molecule has 2 aromatic carbocycles. The lowest BCUT2D eigenvalue weighted by molar-refractivity contribution is -0.385. The molecule has 148 valence electrons. The van der Waals surface area contributed by atoms with Gasteiger partial charge in [0, 0.05) is 41.5 Å². The van der Waals surface area contributed by atoms with Gasteiger partial charge in [-0.1, -0.05) is 0 Å². The van der Waals surface area contributed by atoms with Crippen LogP contribution in [-0.2, 0) is 9.53 Å². The molecule has 0 fully saturated rings. The van der Waals surface area contributed by atoms with Crippen LogP contribution in [0.3, 0.4) is 0 Å². The van der Waals surface area contributed by atoms with E-state index in [0.717, 1.165) is 0 Å². The summed E-state index contributed by atoms with van der Waals surface area (Å²) in [4.78, 5) is 36.7. The van der Waals surface area contributed by atoms with Gasteiger partial charge in [0.2, 0.25) is 5.90 Å². The number of nitro groups is 2. The molecule has 2 heterocycles. The molecule has 0 N–H and O–H groups in total. The van der Waals surface area contributed by atoms with E-state index in [4.69, 9.17) is 9.15 Å². The Kier molecular flexibility index (Phi) is 4.64. The predicted molar refractivity (Wildman–Crippen MR) is 105 cm³/mol. The Labute approximate surface area is 168 Å². The molecule has 0 saturated carbocycles. The fourth-order valence-electron chi connectivity index (χ4n) is 2.73. The summed E-state index contributed by atoms with van der Waals surface area (Å²) >= 11 is 0. The first kappa shape index (κ1) is 18.7. The summed E-state index contributed by atoms with van der Waals surface area (Å²) in [7, 11) is 0. The van der Waals surface area contributed by atoms with Gasteiger partial charge < -0.3 is 9.15 Å². The molecule has 1 aliphatic heterocycles. The van der Waals surface area contributed by atoms with Gasteiger partial charge in [-0.15, -0.1) is 0 Å². The van der Waals surface area contributed by atoms with Crippen molar-refractivity contribution in [3.05, 3.63) is 97.9 Å². The van der Waals surface area contributed by atoms with Crippen molar-refractivity contribution in [2.45, 2.75) is 0 Å². The third-order valence-electron chi connectivity index (χ3n) is 4.21. The molecule has 1 aromatic heterocycles. The highest BCUT2D eigenvalue weighted by Crippen LogP contribution is 2.27. The van der Waals surface area contributed by atoms with Crippen molar-refractivity contribution in [2.75, 3.05) is 0 Å². The summed E-state index contributed by atoms with van der Waals surface area (Å²) in [5, 5.41) is 21.5. The Morgan fingerprint density at radius 1 is 0.800 bits per heavy atom. The number of ether oxygens (including phenoxy) is 1. The van der Waals surface area contributed by atoms with Crippen molar-refractivity contribution in [1.82, 2.24) is 0 Å². The number of rotatable bonds is 5. The van der Waals surface area contributed by atoms with E-state index in [1.165, 1.54) is 42.5 Å². The molecule has 0 amide bonds. The standard InChI is InChI=1S/C20H11N3O7/c24-20-17(21-19(30-20)13-3-7-15(8-4-13)23(27)28)11-16-9-10-18(29-16)12-1-5-14(6-2-12)22(25)26/h1-11H/b17-11-. The Balaban J connectivity index is 1.56. The Morgan fingerprint density at radius 3 is 1.93 bits per heavy atom. The lowest BCUT2D eigenvalue weighted by Crippen LogP contribution is -2.05. The number of nitro benzene ring substituents is 2. The molecule has 4 rings (SSSR count). The summed E-state index contributed by atoms with van der Waals surface area (Å²) < 4.78 is 10.8. The van der Waals surface area contributed by atoms with Crippen molar-refractivity contribution in [3.8, 4) is 11.3 Å². The van der Waals surface area contributed by atoms with Gasteiger partial charge in [0.25, 0.3) is 11.4 Å². The number of non-ortho nitro benzene ring substituents is 2. The zero-order valence-corrected chi connectivity index (χ0v) is 15.1. The first-order valence-corrected chi connectivity index (χ1v) is 8.53. The summed E-state index contributed by atoms with van der Waals surface area (Å²) in [5.74, 6) is 0.145. The van der Waals surface area contributed by atoms with Crippen LogP contribution < -0.4 is 0 Å². The molecule has 0 saturated heterocycles. The van der Waals surface area contributed by atoms with Gasteiger partial charge in [0.15, 0.2) is 5.70 Å². The summed E-state index contributed by atoms with van der Waals surface area (Å²) in [6.45, 7) is 0. The molecule has 0 atom stereocenters. The van der Waals surface area contributed by atoms with Crippen molar-refractivity contribution >= 4 is 29.3 Å². The second-order valence-corrected chi connectivity index (χ2v) is 6.15. The Bertz CT molecular complexity index is 1220. The monoisotopic (exact) mass is 405 g/mol. The van der Waals surface area contributed by atoms with Crippen LogP contribution in [0.2, 0.25) is 0 Å². The van der Waals surface area contributed by atoms with Crippen LogP contribution in [0.25, 0.3) is 17.4 Å². The van der Waals surface area contributed by atoms with Crippen LogP contribution in [-0.4, -0.2) is 21.7 Å². The molecule has 0 bridgehead atoms. The van der Waals surface area contributed by atoms with Gasteiger partial charge in [0.05, 0.1) is 9.85 Å². The topological polar surface area (TPSA) is 138 Å². The lowest BCUT2D eigenvalue weighted by Gasteiger charge is -1.98. The Morgan fingerprint density at radius 2 is 1.37 bits per heavy atom. The summed E-state index contributed by atoms with van der Waals surface area (Å²) in [6.07, 6.45) is 1.40. The zero-order chi connectivity index (χ0) is 21.3. The molecule has 3 aromatic rings. The third kappa shape index (κ3) is 3.69. The van der Waals surface area contributed by atoms with Crippen molar-refractivity contribution < 1.29 is 23.8 Å². The summed E-state index contributed by atoms with van der Waals surface area (Å²) in [5.41, 5.74) is 0.939. The number of carbonyl (C=O) groups excluding carboxylic acids is 1. The van der Waals surface area contributed by atoms with Crippen LogP contribution in [0.1, 0.15) is 11.3 Å². The first-order chi connectivity index (χ1) is 14.4. The second-order valence-electron chi connectivity index (χ2n) is 6.15. The molecule has 0 spiro atoms. The highest BCUT2D eigenvalue weighted by molar-refractivity contribution is 6.12. The number of furan rings is 1. The summed E-state index contributed by atoms with van der Waals surface area (Å²) in [6, 6.07) is 14.6. The van der Waals surface area contributed by atoms with Gasteiger partial charge in [-0.3, -0.25) is 20.2 Å². The van der Waals surface area contributed by atoms with Gasteiger partial charge in [0.1, 0.15) is 11.5 Å². The van der Waals surface area contributed by atoms with Gasteiger partial charge in [-0.05, 0) is 36.4 Å². The minimum atomic E-state index is -0.684. The van der Waals surface area contributed by atoms with E-state index < -0.39 is 15.8 Å². The van der Waals surface area contributed by atoms with Gasteiger partial charge in [-0.25, -0.2) is 9.79 Å². The molecule has 30 heavy (non-hydrogen) atoms. The maximum Gasteiger partial charge on any atom is 0.363 e. The molecule has 10 nitrogen and oxygen atoms in total. The first-order valence-electron chi connectivity index (χ1n) is 8.53. The normalized spacial score (nSPS) is 14.5. The molecular formula is C20H11N3O7. The minimum Gasteiger partial charge on any atom is -0.457 e. The van der Waals surface area contributed by atoms with Crippen LogP contribution in [0, 0.1) is 20.2 Å². The molecule has 0 unspecified atom stereocenters. The fourth-order valence-corrected chi connectivity index (χ4v) is 2.73. The average Bonchev–Trinajstić information content (AvgIpc) is 3.35. The number of hydrogen-bond acceptors (Lipinski definition) is 8. The molecule has 0 aliphatic carbocycles. The van der Waals surface area contributed by atoms with Crippen molar-refractivity contribution in [2.24, 2.45) is 4.99 Å². The molecule has 10 heteroatoms.